The Labute approximate surface area is 78.3 Å². The summed E-state index contributed by atoms with van der Waals surface area (Å²) in [6.45, 7) is 0. The summed E-state index contributed by atoms with van der Waals surface area (Å²) in [5.74, 6) is -0.492. The molecule has 0 bridgehead atoms. The third kappa shape index (κ3) is 1.21. The Morgan fingerprint density at radius 3 is 2.92 bits per heavy atom. The molecule has 2 rings (SSSR count). The Balaban J connectivity index is 2.84. The number of aldehydes is 1. The number of hydrogen-bond acceptors (Lipinski definition) is 1. The minimum atomic E-state index is -0.492. The van der Waals surface area contributed by atoms with Gasteiger partial charge in [0.15, 0.2) is 6.29 Å². The molecule has 1 aromatic carbocycles. The van der Waals surface area contributed by atoms with Crippen molar-refractivity contribution in [2.24, 2.45) is 0 Å². The van der Waals surface area contributed by atoms with Gasteiger partial charge in [-0.15, -0.1) is 0 Å². The number of carbonyl (C=O) groups is 1. The van der Waals surface area contributed by atoms with Crippen LogP contribution in [-0.2, 0) is 0 Å². The number of H-pyrrole nitrogens is 1. The topological polar surface area (TPSA) is 32.9 Å². The lowest BCUT2D eigenvalue weighted by molar-refractivity contribution is 0.112. The molecule has 0 radical (unpaired) electrons. The third-order valence-corrected chi connectivity index (χ3v) is 2.17. The molecule has 0 aliphatic heterocycles. The van der Waals surface area contributed by atoms with Crippen molar-refractivity contribution in [3.05, 3.63) is 34.7 Å². The van der Waals surface area contributed by atoms with Crippen molar-refractivity contribution in [3.8, 4) is 0 Å². The molecule has 1 N–H and O–H groups in total. The van der Waals surface area contributed by atoms with E-state index in [0.717, 1.165) is 0 Å². The molecule has 2 aromatic rings. The first kappa shape index (κ1) is 8.26. The van der Waals surface area contributed by atoms with Crippen LogP contribution in [0.1, 0.15) is 10.4 Å². The average Bonchev–Trinajstić information content (AvgIpc) is 2.48. The van der Waals surface area contributed by atoms with Gasteiger partial charge < -0.3 is 4.98 Å². The van der Waals surface area contributed by atoms with Crippen LogP contribution in [-0.4, -0.2) is 11.3 Å². The minimum absolute atomic E-state index is 0.0233. The van der Waals surface area contributed by atoms with Crippen molar-refractivity contribution in [3.63, 3.8) is 0 Å². The van der Waals surface area contributed by atoms with E-state index in [4.69, 9.17) is 11.6 Å². The van der Waals surface area contributed by atoms with E-state index >= 15 is 0 Å². The molecule has 0 spiro atoms. The number of aromatic nitrogens is 1. The summed E-state index contributed by atoms with van der Waals surface area (Å²) in [4.78, 5) is 13.3. The maximum Gasteiger partial charge on any atom is 0.152 e. The SMILES string of the molecule is O=Cc1c[nH]c2cc(F)c(Cl)cc12. The van der Waals surface area contributed by atoms with Crippen LogP contribution in [0.4, 0.5) is 4.39 Å². The van der Waals surface area contributed by atoms with Crippen LogP contribution in [0.25, 0.3) is 10.9 Å². The normalized spacial score (nSPS) is 10.6. The first-order chi connectivity index (χ1) is 6.22. The van der Waals surface area contributed by atoms with Gasteiger partial charge in [0.2, 0.25) is 0 Å². The fourth-order valence-electron chi connectivity index (χ4n) is 1.24. The van der Waals surface area contributed by atoms with E-state index in [-0.39, 0.29) is 5.02 Å². The van der Waals surface area contributed by atoms with Gasteiger partial charge in [-0.1, -0.05) is 11.6 Å². The van der Waals surface area contributed by atoms with Gasteiger partial charge in [0, 0.05) is 22.7 Å². The van der Waals surface area contributed by atoms with Crippen molar-refractivity contribution in [2.75, 3.05) is 0 Å². The summed E-state index contributed by atoms with van der Waals surface area (Å²) in [6, 6.07) is 2.71. The number of hydrogen-bond donors (Lipinski definition) is 1. The van der Waals surface area contributed by atoms with E-state index in [1.54, 1.807) is 0 Å². The monoisotopic (exact) mass is 197 g/mol. The zero-order chi connectivity index (χ0) is 9.42. The predicted octanol–water partition coefficient (Wildman–Crippen LogP) is 2.77. The van der Waals surface area contributed by atoms with Crippen LogP contribution in [0, 0.1) is 5.82 Å². The summed E-state index contributed by atoms with van der Waals surface area (Å²) in [5.41, 5.74) is 1.06. The molecular weight excluding hydrogens is 193 g/mol. The van der Waals surface area contributed by atoms with Crippen LogP contribution in [0.15, 0.2) is 18.3 Å². The molecule has 0 amide bonds. The molecule has 13 heavy (non-hydrogen) atoms. The molecule has 66 valence electrons. The second kappa shape index (κ2) is 2.85. The van der Waals surface area contributed by atoms with E-state index < -0.39 is 5.82 Å². The van der Waals surface area contributed by atoms with E-state index in [1.165, 1.54) is 18.3 Å². The number of fused-ring (bicyclic) bond motifs is 1. The predicted molar refractivity (Wildman–Crippen MR) is 48.7 cm³/mol. The maximum atomic E-state index is 12.9. The molecule has 1 heterocycles. The summed E-state index contributed by atoms with van der Waals surface area (Å²) in [7, 11) is 0. The highest BCUT2D eigenvalue weighted by Gasteiger charge is 2.06. The first-order valence-corrected chi connectivity index (χ1v) is 4.01. The van der Waals surface area contributed by atoms with Gasteiger partial charge in [0.25, 0.3) is 0 Å². The average molecular weight is 198 g/mol. The Morgan fingerprint density at radius 2 is 2.23 bits per heavy atom. The fourth-order valence-corrected chi connectivity index (χ4v) is 1.40. The molecule has 0 aliphatic carbocycles. The summed E-state index contributed by atoms with van der Waals surface area (Å²) in [6.07, 6.45) is 2.22. The summed E-state index contributed by atoms with van der Waals surface area (Å²) < 4.78 is 12.9. The van der Waals surface area contributed by atoms with Crippen molar-refractivity contribution in [2.45, 2.75) is 0 Å². The van der Waals surface area contributed by atoms with Gasteiger partial charge in [-0.3, -0.25) is 4.79 Å². The van der Waals surface area contributed by atoms with E-state index in [2.05, 4.69) is 4.98 Å². The quantitative estimate of drug-likeness (QED) is 0.701. The number of carbonyl (C=O) groups excluding carboxylic acids is 1. The molecule has 2 nitrogen and oxygen atoms in total. The molecule has 0 atom stereocenters. The van der Waals surface area contributed by atoms with Gasteiger partial charge in [-0.2, -0.15) is 0 Å². The molecule has 0 saturated heterocycles. The van der Waals surface area contributed by atoms with Crippen LogP contribution in [0.5, 0.6) is 0 Å². The van der Waals surface area contributed by atoms with Gasteiger partial charge in [0.1, 0.15) is 5.82 Å². The summed E-state index contributed by atoms with van der Waals surface area (Å²) in [5, 5.41) is 0.664. The Bertz CT molecular complexity index is 478. The van der Waals surface area contributed by atoms with Gasteiger partial charge in [-0.25, -0.2) is 4.39 Å². The highest BCUT2D eigenvalue weighted by atomic mass is 35.5. The van der Waals surface area contributed by atoms with Crippen molar-refractivity contribution in [1.29, 1.82) is 0 Å². The minimum Gasteiger partial charge on any atom is -0.360 e. The first-order valence-electron chi connectivity index (χ1n) is 3.63. The lowest BCUT2D eigenvalue weighted by Crippen LogP contribution is -1.79. The number of rotatable bonds is 1. The lowest BCUT2D eigenvalue weighted by Gasteiger charge is -1.94. The Hall–Kier alpha value is -1.35. The molecule has 1 aromatic heterocycles. The zero-order valence-electron chi connectivity index (χ0n) is 6.47. The van der Waals surface area contributed by atoms with E-state index in [1.807, 2.05) is 0 Å². The third-order valence-electron chi connectivity index (χ3n) is 1.88. The van der Waals surface area contributed by atoms with Gasteiger partial charge in [-0.05, 0) is 12.1 Å². The number of benzene rings is 1. The van der Waals surface area contributed by atoms with Gasteiger partial charge in [0.05, 0.1) is 5.02 Å². The molecule has 4 heteroatoms. The number of aromatic amines is 1. The highest BCUT2D eigenvalue weighted by molar-refractivity contribution is 6.31. The fraction of sp³-hybridized carbons (Fsp3) is 0. The molecular formula is C9H5ClFNO. The Morgan fingerprint density at radius 1 is 1.46 bits per heavy atom. The molecule has 0 fully saturated rings. The van der Waals surface area contributed by atoms with Crippen molar-refractivity contribution < 1.29 is 9.18 Å². The molecule has 0 saturated carbocycles. The second-order valence-electron chi connectivity index (χ2n) is 2.67. The second-order valence-corrected chi connectivity index (χ2v) is 3.08. The van der Waals surface area contributed by atoms with Crippen LogP contribution in [0.2, 0.25) is 5.02 Å². The molecule has 0 aliphatic rings. The van der Waals surface area contributed by atoms with Crippen molar-refractivity contribution in [1.82, 2.24) is 4.98 Å². The number of halogens is 2. The van der Waals surface area contributed by atoms with E-state index in [0.29, 0.717) is 22.8 Å². The zero-order valence-corrected chi connectivity index (χ0v) is 7.23. The Kier molecular flexibility index (Phi) is 1.81. The lowest BCUT2D eigenvalue weighted by atomic mass is 10.2. The van der Waals surface area contributed by atoms with Crippen LogP contribution < -0.4 is 0 Å². The molecule has 0 unspecified atom stereocenters. The summed E-state index contributed by atoms with van der Waals surface area (Å²) >= 11 is 5.57. The van der Waals surface area contributed by atoms with Crippen molar-refractivity contribution >= 4 is 28.8 Å². The maximum absolute atomic E-state index is 12.9. The van der Waals surface area contributed by atoms with Crippen LogP contribution >= 0.6 is 11.6 Å². The smallest absolute Gasteiger partial charge is 0.152 e. The number of nitrogens with one attached hydrogen (secondary N) is 1. The highest BCUT2D eigenvalue weighted by Crippen LogP contribution is 2.24. The van der Waals surface area contributed by atoms with Gasteiger partial charge >= 0.3 is 0 Å². The van der Waals surface area contributed by atoms with E-state index in [9.17, 15) is 9.18 Å². The van der Waals surface area contributed by atoms with Crippen LogP contribution in [0.3, 0.4) is 0 Å². The largest absolute Gasteiger partial charge is 0.360 e. The standard InChI is InChI=1S/C9H5ClFNO/c10-7-1-6-5(4-13)3-12-9(6)2-8(7)11/h1-4,12H.